The topological polar surface area (TPSA) is 111 Å². The molecule has 8 heteroatoms. The highest BCUT2D eigenvalue weighted by Crippen LogP contribution is 2.38. The molecule has 4 atom stereocenters. The SMILES string of the molecule is CCOC(=O)[C@H](CCc1ccccc1)N[C@@H](C)C(=O)[C@H]1Cc2cc(OC)c(OC)cc2C[C@H]1C(=O)O. The number of carboxylic acids is 1. The lowest BCUT2D eigenvalue weighted by Crippen LogP contribution is -2.50. The molecule has 0 heterocycles. The Morgan fingerprint density at radius 3 is 2.11 bits per heavy atom. The van der Waals surface area contributed by atoms with Crippen molar-refractivity contribution in [1.29, 1.82) is 0 Å². The number of esters is 1. The summed E-state index contributed by atoms with van der Waals surface area (Å²) in [5, 5.41) is 13.1. The largest absolute Gasteiger partial charge is 0.493 e. The summed E-state index contributed by atoms with van der Waals surface area (Å²) >= 11 is 0. The maximum atomic E-state index is 13.6. The standard InChI is InChI=1S/C28H35NO7/c1-5-36-28(33)23(12-11-18-9-7-6-8-10-18)29-17(2)26(30)21-13-19-15-24(34-3)25(35-4)16-20(19)14-22(21)27(31)32/h6-10,15-17,21-23,29H,5,11-14H2,1-4H3,(H,31,32)/t17-,21-,22+,23-/m0/s1. The minimum absolute atomic E-state index is 0.212. The minimum atomic E-state index is -1.02. The average molecular weight is 498 g/mol. The number of nitrogens with one attached hydrogen (secondary N) is 1. The van der Waals surface area contributed by atoms with E-state index in [1.807, 2.05) is 36.4 Å². The van der Waals surface area contributed by atoms with Crippen LogP contribution in [0.2, 0.25) is 0 Å². The first kappa shape index (κ1) is 27.2. The van der Waals surface area contributed by atoms with E-state index >= 15 is 0 Å². The fourth-order valence-corrected chi connectivity index (χ4v) is 4.83. The van der Waals surface area contributed by atoms with E-state index in [9.17, 15) is 19.5 Å². The maximum absolute atomic E-state index is 13.6. The Bertz CT molecular complexity index is 1070. The first-order valence-electron chi connectivity index (χ1n) is 12.3. The van der Waals surface area contributed by atoms with Gasteiger partial charge in [-0.25, -0.2) is 0 Å². The predicted molar refractivity (Wildman–Crippen MR) is 134 cm³/mol. The maximum Gasteiger partial charge on any atom is 0.323 e. The monoisotopic (exact) mass is 497 g/mol. The van der Waals surface area contributed by atoms with Crippen LogP contribution in [0.5, 0.6) is 11.5 Å². The molecule has 36 heavy (non-hydrogen) atoms. The van der Waals surface area contributed by atoms with Gasteiger partial charge in [0, 0.05) is 5.92 Å². The lowest BCUT2D eigenvalue weighted by atomic mass is 9.72. The number of methoxy groups -OCH3 is 2. The van der Waals surface area contributed by atoms with Crippen molar-refractivity contribution < 1.29 is 33.7 Å². The molecule has 8 nitrogen and oxygen atoms in total. The molecule has 2 aromatic carbocycles. The lowest BCUT2D eigenvalue weighted by molar-refractivity contribution is -0.149. The van der Waals surface area contributed by atoms with Crippen LogP contribution in [0.3, 0.4) is 0 Å². The van der Waals surface area contributed by atoms with Crippen molar-refractivity contribution in [1.82, 2.24) is 5.32 Å². The summed E-state index contributed by atoms with van der Waals surface area (Å²) in [4.78, 5) is 38.4. The number of hydrogen-bond acceptors (Lipinski definition) is 7. The summed E-state index contributed by atoms with van der Waals surface area (Å²) in [6, 6.07) is 11.9. The lowest BCUT2D eigenvalue weighted by Gasteiger charge is -2.32. The number of ketones is 1. The zero-order chi connectivity index (χ0) is 26.2. The van der Waals surface area contributed by atoms with Gasteiger partial charge in [0.1, 0.15) is 6.04 Å². The van der Waals surface area contributed by atoms with E-state index in [0.29, 0.717) is 24.3 Å². The van der Waals surface area contributed by atoms with Crippen molar-refractivity contribution in [3.8, 4) is 11.5 Å². The number of carboxylic acid groups (broad SMARTS) is 1. The summed E-state index contributed by atoms with van der Waals surface area (Å²) in [6.45, 7) is 3.65. The number of rotatable bonds is 12. The fourth-order valence-electron chi connectivity index (χ4n) is 4.83. The van der Waals surface area contributed by atoms with Gasteiger partial charge < -0.3 is 19.3 Å². The number of carbonyl (C=O) groups excluding carboxylic acids is 2. The Hall–Kier alpha value is -3.39. The molecular formula is C28H35NO7. The number of aliphatic carboxylic acids is 1. The second kappa shape index (κ2) is 12.5. The summed E-state index contributed by atoms with van der Waals surface area (Å²) in [5.41, 5.74) is 2.77. The van der Waals surface area contributed by atoms with Crippen molar-refractivity contribution >= 4 is 17.7 Å². The molecule has 194 valence electrons. The zero-order valence-corrected chi connectivity index (χ0v) is 21.3. The molecule has 0 radical (unpaired) electrons. The van der Waals surface area contributed by atoms with Gasteiger partial charge in [0.2, 0.25) is 0 Å². The number of fused-ring (bicyclic) bond motifs is 1. The normalized spacial score (nSPS) is 18.4. The van der Waals surface area contributed by atoms with Crippen LogP contribution in [-0.4, -0.2) is 55.7 Å². The van der Waals surface area contributed by atoms with Gasteiger partial charge in [0.15, 0.2) is 17.3 Å². The van der Waals surface area contributed by atoms with Gasteiger partial charge in [-0.3, -0.25) is 19.7 Å². The molecule has 0 spiro atoms. The molecule has 0 fully saturated rings. The second-order valence-corrected chi connectivity index (χ2v) is 9.06. The summed E-state index contributed by atoms with van der Waals surface area (Å²) in [7, 11) is 3.06. The van der Waals surface area contributed by atoms with E-state index in [2.05, 4.69) is 5.32 Å². The molecule has 0 amide bonds. The van der Waals surface area contributed by atoms with Crippen LogP contribution < -0.4 is 14.8 Å². The number of hydrogen-bond donors (Lipinski definition) is 2. The van der Waals surface area contributed by atoms with Crippen LogP contribution in [0.15, 0.2) is 42.5 Å². The van der Waals surface area contributed by atoms with Crippen molar-refractivity contribution in [2.75, 3.05) is 20.8 Å². The van der Waals surface area contributed by atoms with Gasteiger partial charge in [0.25, 0.3) is 0 Å². The molecular weight excluding hydrogens is 462 g/mol. The van der Waals surface area contributed by atoms with E-state index in [4.69, 9.17) is 14.2 Å². The molecule has 0 saturated heterocycles. The molecule has 0 saturated carbocycles. The van der Waals surface area contributed by atoms with Gasteiger partial charge in [-0.2, -0.15) is 0 Å². The van der Waals surface area contributed by atoms with Crippen molar-refractivity contribution in [3.63, 3.8) is 0 Å². The minimum Gasteiger partial charge on any atom is -0.493 e. The van der Waals surface area contributed by atoms with E-state index in [1.165, 1.54) is 14.2 Å². The van der Waals surface area contributed by atoms with Crippen LogP contribution >= 0.6 is 0 Å². The molecule has 0 aromatic heterocycles. The van der Waals surface area contributed by atoms with E-state index in [-0.39, 0.29) is 25.2 Å². The van der Waals surface area contributed by atoms with Crippen LogP contribution in [-0.2, 0) is 38.4 Å². The first-order valence-corrected chi connectivity index (χ1v) is 12.3. The third-order valence-corrected chi connectivity index (χ3v) is 6.77. The Labute approximate surface area is 211 Å². The smallest absolute Gasteiger partial charge is 0.323 e. The van der Waals surface area contributed by atoms with E-state index in [0.717, 1.165) is 16.7 Å². The van der Waals surface area contributed by atoms with Crippen molar-refractivity contribution in [2.24, 2.45) is 11.8 Å². The Kier molecular flexibility index (Phi) is 9.47. The third-order valence-electron chi connectivity index (χ3n) is 6.77. The molecule has 0 unspecified atom stereocenters. The Morgan fingerprint density at radius 1 is 1.00 bits per heavy atom. The number of ether oxygens (including phenoxy) is 3. The molecule has 1 aliphatic rings. The molecule has 3 rings (SSSR count). The summed E-state index contributed by atoms with van der Waals surface area (Å²) in [5.74, 6) is -2.25. The highest BCUT2D eigenvalue weighted by atomic mass is 16.5. The quantitative estimate of drug-likeness (QED) is 0.430. The fraction of sp³-hybridized carbons (Fsp3) is 0.464. The molecule has 0 aliphatic heterocycles. The Balaban J connectivity index is 1.79. The number of carbonyl (C=O) groups is 3. The third kappa shape index (κ3) is 6.43. The Morgan fingerprint density at radius 2 is 1.58 bits per heavy atom. The molecule has 0 bridgehead atoms. The average Bonchev–Trinajstić information content (AvgIpc) is 2.89. The molecule has 2 aromatic rings. The molecule has 2 N–H and O–H groups in total. The first-order chi connectivity index (χ1) is 17.3. The number of benzene rings is 2. The number of aryl methyl sites for hydroxylation is 1. The van der Waals surface area contributed by atoms with Gasteiger partial charge in [0.05, 0.1) is 32.8 Å². The van der Waals surface area contributed by atoms with Crippen LogP contribution in [0.4, 0.5) is 0 Å². The van der Waals surface area contributed by atoms with Gasteiger partial charge >= 0.3 is 11.9 Å². The van der Waals surface area contributed by atoms with Crippen LogP contribution in [0, 0.1) is 11.8 Å². The van der Waals surface area contributed by atoms with Crippen molar-refractivity contribution in [2.45, 2.75) is 51.6 Å². The second-order valence-electron chi connectivity index (χ2n) is 9.06. The van der Waals surface area contributed by atoms with Gasteiger partial charge in [-0.1, -0.05) is 30.3 Å². The van der Waals surface area contributed by atoms with Gasteiger partial charge in [-0.05, 0) is 68.4 Å². The highest BCUT2D eigenvalue weighted by molar-refractivity contribution is 5.91. The zero-order valence-electron chi connectivity index (χ0n) is 21.3. The van der Waals surface area contributed by atoms with Crippen LogP contribution in [0.1, 0.15) is 37.0 Å². The summed E-state index contributed by atoms with van der Waals surface area (Å²) < 4.78 is 16.0. The van der Waals surface area contributed by atoms with Crippen molar-refractivity contribution in [3.05, 3.63) is 59.2 Å². The van der Waals surface area contributed by atoms with Crippen LogP contribution in [0.25, 0.3) is 0 Å². The molecule has 1 aliphatic carbocycles. The van der Waals surface area contributed by atoms with Gasteiger partial charge in [-0.15, -0.1) is 0 Å². The number of Topliss-reactive ketones (excluding diaryl/α,β-unsaturated/α-hetero) is 1. The predicted octanol–water partition coefficient (Wildman–Crippen LogP) is 3.23. The highest BCUT2D eigenvalue weighted by Gasteiger charge is 2.40. The summed E-state index contributed by atoms with van der Waals surface area (Å²) in [6.07, 6.45) is 1.57. The van der Waals surface area contributed by atoms with E-state index < -0.39 is 35.9 Å². The van der Waals surface area contributed by atoms with E-state index in [1.54, 1.807) is 19.9 Å².